The van der Waals surface area contributed by atoms with E-state index in [1.54, 1.807) is 12.3 Å². The van der Waals surface area contributed by atoms with Gasteiger partial charge < -0.3 is 10.2 Å². The maximum atomic E-state index is 10.9. The third kappa shape index (κ3) is 2.95. The summed E-state index contributed by atoms with van der Waals surface area (Å²) < 4.78 is 0. The van der Waals surface area contributed by atoms with Crippen molar-refractivity contribution in [3.05, 3.63) is 28.4 Å². The van der Waals surface area contributed by atoms with Crippen LogP contribution in [0.1, 0.15) is 12.8 Å². The molecule has 18 heavy (non-hydrogen) atoms. The average molecular weight is 250 g/mol. The normalized spacial score (nSPS) is 19.5. The Balaban J connectivity index is 2.08. The molecule has 1 fully saturated rings. The van der Waals surface area contributed by atoms with Gasteiger partial charge in [0.1, 0.15) is 0 Å². The van der Waals surface area contributed by atoms with Crippen LogP contribution in [0.25, 0.3) is 0 Å². The molecule has 1 N–H and O–H groups in total. The van der Waals surface area contributed by atoms with Gasteiger partial charge in [-0.25, -0.2) is 4.98 Å². The summed E-state index contributed by atoms with van der Waals surface area (Å²) in [4.78, 5) is 16.6. The van der Waals surface area contributed by atoms with Gasteiger partial charge in [0.05, 0.1) is 4.92 Å². The fraction of sp³-hybridized carbons (Fsp3) is 0.583. The predicted octanol–water partition coefficient (Wildman–Crippen LogP) is 1.43. The van der Waals surface area contributed by atoms with Gasteiger partial charge in [-0.1, -0.05) is 0 Å². The number of piperidine rings is 1. The lowest BCUT2D eigenvalue weighted by molar-refractivity contribution is -0.384. The Labute approximate surface area is 106 Å². The first-order valence-corrected chi connectivity index (χ1v) is 6.19. The van der Waals surface area contributed by atoms with E-state index in [-0.39, 0.29) is 10.6 Å². The first-order chi connectivity index (χ1) is 8.68. The molecule has 0 spiro atoms. The average Bonchev–Trinajstić information content (AvgIpc) is 2.40. The molecule has 1 aliphatic heterocycles. The molecule has 0 aromatic carbocycles. The highest BCUT2D eigenvalue weighted by molar-refractivity contribution is 5.56. The van der Waals surface area contributed by atoms with Gasteiger partial charge >= 0.3 is 5.69 Å². The third-order valence-electron chi connectivity index (χ3n) is 3.26. The van der Waals surface area contributed by atoms with Crippen molar-refractivity contribution in [2.45, 2.75) is 12.8 Å². The molecule has 1 aliphatic rings. The molecule has 6 nitrogen and oxygen atoms in total. The van der Waals surface area contributed by atoms with Crippen LogP contribution in [0.15, 0.2) is 18.3 Å². The molecular weight excluding hydrogens is 232 g/mol. The van der Waals surface area contributed by atoms with Crippen molar-refractivity contribution in [3.63, 3.8) is 0 Å². The Bertz CT molecular complexity index is 418. The topological polar surface area (TPSA) is 71.3 Å². The van der Waals surface area contributed by atoms with Crippen molar-refractivity contribution in [2.24, 2.45) is 5.92 Å². The lowest BCUT2D eigenvalue weighted by Crippen LogP contribution is -2.37. The van der Waals surface area contributed by atoms with Crippen molar-refractivity contribution in [2.75, 3.05) is 31.6 Å². The maximum Gasteiger partial charge on any atom is 0.311 e. The Morgan fingerprint density at radius 1 is 1.67 bits per heavy atom. The number of anilines is 1. The number of nitrogens with zero attached hydrogens (tertiary/aromatic N) is 3. The summed E-state index contributed by atoms with van der Waals surface area (Å²) >= 11 is 0. The van der Waals surface area contributed by atoms with E-state index in [9.17, 15) is 10.1 Å². The van der Waals surface area contributed by atoms with Gasteiger partial charge in [0.2, 0.25) is 5.82 Å². The number of hydrogen-bond acceptors (Lipinski definition) is 5. The van der Waals surface area contributed by atoms with E-state index in [0.717, 1.165) is 26.1 Å². The van der Waals surface area contributed by atoms with Gasteiger partial charge in [-0.15, -0.1) is 0 Å². The number of aromatic nitrogens is 1. The minimum absolute atomic E-state index is 0.0729. The first-order valence-electron chi connectivity index (χ1n) is 6.19. The van der Waals surface area contributed by atoms with Crippen molar-refractivity contribution < 1.29 is 4.92 Å². The van der Waals surface area contributed by atoms with Crippen LogP contribution in [0, 0.1) is 16.0 Å². The largest absolute Gasteiger partial charge is 0.354 e. The van der Waals surface area contributed by atoms with E-state index in [2.05, 4.69) is 10.3 Å². The van der Waals surface area contributed by atoms with E-state index >= 15 is 0 Å². The van der Waals surface area contributed by atoms with Crippen LogP contribution in [0.2, 0.25) is 0 Å². The summed E-state index contributed by atoms with van der Waals surface area (Å²) in [5, 5.41) is 14.3. The Morgan fingerprint density at radius 3 is 3.17 bits per heavy atom. The minimum atomic E-state index is -0.377. The molecule has 0 radical (unpaired) electrons. The summed E-state index contributed by atoms with van der Waals surface area (Å²) in [6.45, 7) is 2.85. The summed E-state index contributed by atoms with van der Waals surface area (Å²) in [6, 6.07) is 3.09. The highest BCUT2D eigenvalue weighted by Gasteiger charge is 2.21. The van der Waals surface area contributed by atoms with Crippen LogP contribution < -0.4 is 10.2 Å². The first kappa shape index (κ1) is 12.8. The van der Waals surface area contributed by atoms with Crippen molar-refractivity contribution in [3.8, 4) is 0 Å². The summed E-state index contributed by atoms with van der Waals surface area (Å²) in [6.07, 6.45) is 3.93. The van der Waals surface area contributed by atoms with Crippen LogP contribution in [0.5, 0.6) is 0 Å². The quantitative estimate of drug-likeness (QED) is 0.646. The zero-order chi connectivity index (χ0) is 13.0. The van der Waals surface area contributed by atoms with E-state index in [4.69, 9.17) is 0 Å². The monoisotopic (exact) mass is 250 g/mol. The van der Waals surface area contributed by atoms with Crippen molar-refractivity contribution in [1.82, 2.24) is 10.3 Å². The Kier molecular flexibility index (Phi) is 4.09. The lowest BCUT2D eigenvalue weighted by atomic mass is 9.99. The Morgan fingerprint density at radius 2 is 2.50 bits per heavy atom. The van der Waals surface area contributed by atoms with Gasteiger partial charge in [0.25, 0.3) is 0 Å². The number of nitrogens with one attached hydrogen (secondary N) is 1. The SMILES string of the molecule is CN(CC1CCCNC1)c1ncccc1[N+](=O)[O-]. The number of nitro groups is 1. The minimum Gasteiger partial charge on any atom is -0.354 e. The van der Waals surface area contributed by atoms with Crippen LogP contribution in [0.3, 0.4) is 0 Å². The second kappa shape index (κ2) is 5.77. The summed E-state index contributed by atoms with van der Waals surface area (Å²) in [5.41, 5.74) is 0.0729. The standard InChI is InChI=1S/C12H18N4O2/c1-15(9-10-4-2-6-13-8-10)12-11(16(17)18)5-3-7-14-12/h3,5,7,10,13H,2,4,6,8-9H2,1H3. The zero-order valence-electron chi connectivity index (χ0n) is 10.5. The number of hydrogen-bond donors (Lipinski definition) is 1. The molecule has 6 heteroatoms. The number of rotatable bonds is 4. The van der Waals surface area contributed by atoms with E-state index in [1.165, 1.54) is 12.5 Å². The van der Waals surface area contributed by atoms with Crippen LogP contribution in [-0.2, 0) is 0 Å². The van der Waals surface area contributed by atoms with E-state index < -0.39 is 0 Å². The molecule has 1 aromatic heterocycles. The molecule has 1 unspecified atom stereocenters. The molecule has 0 amide bonds. The zero-order valence-corrected chi connectivity index (χ0v) is 10.5. The molecule has 1 aromatic rings. The van der Waals surface area contributed by atoms with Gasteiger partial charge in [0.15, 0.2) is 0 Å². The Hall–Kier alpha value is -1.69. The lowest BCUT2D eigenvalue weighted by Gasteiger charge is -2.27. The van der Waals surface area contributed by atoms with E-state index in [0.29, 0.717) is 11.7 Å². The highest BCUT2D eigenvalue weighted by atomic mass is 16.6. The third-order valence-corrected chi connectivity index (χ3v) is 3.26. The van der Waals surface area contributed by atoms with Crippen LogP contribution in [-0.4, -0.2) is 36.6 Å². The molecular formula is C12H18N4O2. The number of pyridine rings is 1. The van der Waals surface area contributed by atoms with Gasteiger partial charge in [-0.3, -0.25) is 10.1 Å². The molecule has 2 rings (SSSR count). The van der Waals surface area contributed by atoms with E-state index in [1.807, 2.05) is 11.9 Å². The van der Waals surface area contributed by atoms with Crippen LogP contribution in [0.4, 0.5) is 11.5 Å². The van der Waals surface area contributed by atoms with Crippen LogP contribution >= 0.6 is 0 Å². The summed E-state index contributed by atoms with van der Waals surface area (Å²) in [7, 11) is 1.87. The van der Waals surface area contributed by atoms with Gasteiger partial charge in [-0.05, 0) is 37.9 Å². The fourth-order valence-corrected chi connectivity index (χ4v) is 2.38. The smallest absolute Gasteiger partial charge is 0.311 e. The predicted molar refractivity (Wildman–Crippen MR) is 69.8 cm³/mol. The molecule has 98 valence electrons. The molecule has 0 bridgehead atoms. The van der Waals surface area contributed by atoms with Gasteiger partial charge in [0, 0.05) is 25.9 Å². The van der Waals surface area contributed by atoms with Crippen molar-refractivity contribution in [1.29, 1.82) is 0 Å². The second-order valence-electron chi connectivity index (χ2n) is 4.70. The highest BCUT2D eigenvalue weighted by Crippen LogP contribution is 2.25. The van der Waals surface area contributed by atoms with Crippen molar-refractivity contribution >= 4 is 11.5 Å². The fourth-order valence-electron chi connectivity index (χ4n) is 2.38. The van der Waals surface area contributed by atoms with Gasteiger partial charge in [-0.2, -0.15) is 0 Å². The molecule has 1 atom stereocenters. The summed E-state index contributed by atoms with van der Waals surface area (Å²) in [5.74, 6) is 0.985. The maximum absolute atomic E-state index is 10.9. The second-order valence-corrected chi connectivity index (χ2v) is 4.70. The molecule has 1 saturated heterocycles. The molecule has 0 aliphatic carbocycles. The molecule has 2 heterocycles. The molecule has 0 saturated carbocycles.